The van der Waals surface area contributed by atoms with Crippen molar-refractivity contribution in [3.05, 3.63) is 22.4 Å². The second-order valence-electron chi connectivity index (χ2n) is 5.08. The third-order valence-corrected chi connectivity index (χ3v) is 4.32. The van der Waals surface area contributed by atoms with Gasteiger partial charge in [0.2, 0.25) is 0 Å². The summed E-state index contributed by atoms with van der Waals surface area (Å²) in [6.07, 6.45) is 0.466. The molecule has 5 nitrogen and oxygen atoms in total. The maximum atomic E-state index is 5.73. The van der Waals surface area contributed by atoms with Gasteiger partial charge in [0.05, 0.1) is 23.8 Å². The highest BCUT2D eigenvalue weighted by molar-refractivity contribution is 7.71. The van der Waals surface area contributed by atoms with E-state index in [1.807, 2.05) is 17.5 Å². The summed E-state index contributed by atoms with van der Waals surface area (Å²) in [7, 11) is 0. The van der Waals surface area contributed by atoms with Crippen LogP contribution in [0.1, 0.15) is 13.8 Å². The van der Waals surface area contributed by atoms with Crippen LogP contribution in [-0.2, 0) is 11.4 Å². The van der Waals surface area contributed by atoms with Gasteiger partial charge in [-0.05, 0) is 37.5 Å². The van der Waals surface area contributed by atoms with Crippen molar-refractivity contribution in [2.24, 2.45) is 0 Å². The van der Waals surface area contributed by atoms with Crippen LogP contribution in [0.25, 0.3) is 10.8 Å². The Kier molecular flexibility index (Phi) is 4.02. The van der Waals surface area contributed by atoms with Gasteiger partial charge in [-0.1, -0.05) is 6.07 Å². The van der Waals surface area contributed by atoms with Crippen LogP contribution in [0.3, 0.4) is 0 Å². The van der Waals surface area contributed by atoms with Crippen molar-refractivity contribution in [2.45, 2.75) is 32.7 Å². The zero-order chi connectivity index (χ0) is 14.1. The van der Waals surface area contributed by atoms with E-state index in [2.05, 4.69) is 23.8 Å². The average molecular weight is 311 g/mol. The Bertz CT molecular complexity index is 610. The number of aromatic nitrogens is 2. The molecule has 0 spiro atoms. The highest BCUT2D eigenvalue weighted by Crippen LogP contribution is 2.23. The van der Waals surface area contributed by atoms with Crippen LogP contribution < -0.4 is 0 Å². The summed E-state index contributed by atoms with van der Waals surface area (Å²) in [5, 5.41) is 6.47. The molecule has 0 N–H and O–H groups in total. The molecular formula is C13H17N3O2S2. The van der Waals surface area contributed by atoms with Crippen molar-refractivity contribution in [2.75, 3.05) is 13.1 Å². The van der Waals surface area contributed by atoms with Gasteiger partial charge in [-0.3, -0.25) is 4.90 Å². The lowest BCUT2D eigenvalue weighted by atomic mass is 10.2. The summed E-state index contributed by atoms with van der Waals surface area (Å²) in [5.74, 6) is 0.597. The van der Waals surface area contributed by atoms with Gasteiger partial charge >= 0.3 is 0 Å². The molecule has 3 rings (SSSR count). The highest BCUT2D eigenvalue weighted by Gasteiger charge is 2.23. The number of ether oxygens (including phenoxy) is 1. The third-order valence-electron chi connectivity index (χ3n) is 3.17. The quantitative estimate of drug-likeness (QED) is 0.815. The first-order valence-corrected chi connectivity index (χ1v) is 7.90. The first-order chi connectivity index (χ1) is 9.61. The number of thiophene rings is 1. The van der Waals surface area contributed by atoms with Crippen molar-refractivity contribution in [1.82, 2.24) is 14.7 Å². The molecule has 1 aliphatic rings. The SMILES string of the molecule is C[C@@H]1CN(Cn2nc(-c3cccs3)oc2=S)C[C@H](C)O1. The molecule has 2 atom stereocenters. The number of hydrogen-bond acceptors (Lipinski definition) is 6. The van der Waals surface area contributed by atoms with Gasteiger partial charge in [-0.2, -0.15) is 0 Å². The molecule has 2 aromatic heterocycles. The molecule has 0 bridgehead atoms. The van der Waals surface area contributed by atoms with Gasteiger partial charge in [-0.15, -0.1) is 16.4 Å². The van der Waals surface area contributed by atoms with E-state index in [4.69, 9.17) is 21.4 Å². The van der Waals surface area contributed by atoms with E-state index in [9.17, 15) is 0 Å². The largest absolute Gasteiger partial charge is 0.408 e. The van der Waals surface area contributed by atoms with E-state index in [-0.39, 0.29) is 12.2 Å². The van der Waals surface area contributed by atoms with Crippen LogP contribution in [-0.4, -0.2) is 40.0 Å². The molecule has 0 saturated carbocycles. The fraction of sp³-hybridized carbons (Fsp3) is 0.538. The van der Waals surface area contributed by atoms with Gasteiger partial charge < -0.3 is 9.15 Å². The Labute approximate surface area is 126 Å². The zero-order valence-corrected chi connectivity index (χ0v) is 13.1. The van der Waals surface area contributed by atoms with E-state index in [0.29, 0.717) is 17.4 Å². The van der Waals surface area contributed by atoms with Crippen molar-refractivity contribution < 1.29 is 9.15 Å². The minimum absolute atomic E-state index is 0.233. The molecule has 1 fully saturated rings. The molecule has 0 radical (unpaired) electrons. The van der Waals surface area contributed by atoms with Crippen LogP contribution in [0.5, 0.6) is 0 Å². The summed E-state index contributed by atoms with van der Waals surface area (Å²) in [4.78, 5) is 3.70. The van der Waals surface area contributed by atoms with Crippen molar-refractivity contribution in [1.29, 1.82) is 0 Å². The molecule has 0 amide bonds. The topological polar surface area (TPSA) is 43.4 Å². The van der Waals surface area contributed by atoms with Gasteiger partial charge in [0.1, 0.15) is 0 Å². The second-order valence-corrected chi connectivity index (χ2v) is 6.38. The molecule has 1 saturated heterocycles. The smallest absolute Gasteiger partial charge is 0.288 e. The standard InChI is InChI=1S/C13H17N3O2S2/c1-9-6-15(7-10(2)17-9)8-16-13(19)18-12(14-16)11-4-3-5-20-11/h3-5,9-10H,6-8H2,1-2H3/t9-,10+. The molecule has 0 unspecified atom stereocenters. The third kappa shape index (κ3) is 3.01. The molecule has 20 heavy (non-hydrogen) atoms. The number of rotatable bonds is 3. The Morgan fingerprint density at radius 1 is 1.40 bits per heavy atom. The van der Waals surface area contributed by atoms with E-state index in [1.165, 1.54) is 0 Å². The first kappa shape index (κ1) is 13.9. The fourth-order valence-electron chi connectivity index (χ4n) is 2.48. The summed E-state index contributed by atoms with van der Waals surface area (Å²) in [6, 6.07) is 3.96. The monoisotopic (exact) mass is 311 g/mol. The Morgan fingerprint density at radius 3 is 2.80 bits per heavy atom. The summed E-state index contributed by atoms with van der Waals surface area (Å²) in [6.45, 7) is 6.58. The average Bonchev–Trinajstić information content (AvgIpc) is 2.98. The molecular weight excluding hydrogens is 294 g/mol. The van der Waals surface area contributed by atoms with Crippen LogP contribution in [0.4, 0.5) is 0 Å². The van der Waals surface area contributed by atoms with Crippen LogP contribution in [0.2, 0.25) is 0 Å². The maximum Gasteiger partial charge on any atom is 0.288 e. The second kappa shape index (κ2) is 5.77. The van der Waals surface area contributed by atoms with Gasteiger partial charge in [0.25, 0.3) is 10.7 Å². The van der Waals surface area contributed by atoms with E-state index in [1.54, 1.807) is 16.0 Å². The predicted molar refractivity (Wildman–Crippen MR) is 80.2 cm³/mol. The van der Waals surface area contributed by atoms with Crippen molar-refractivity contribution in [3.63, 3.8) is 0 Å². The summed E-state index contributed by atoms with van der Waals surface area (Å²) < 4.78 is 13.0. The minimum atomic E-state index is 0.233. The summed E-state index contributed by atoms with van der Waals surface area (Å²) >= 11 is 6.85. The molecule has 0 aromatic carbocycles. The highest BCUT2D eigenvalue weighted by atomic mass is 32.1. The van der Waals surface area contributed by atoms with Gasteiger partial charge in [0.15, 0.2) is 0 Å². The normalized spacial score (nSPS) is 24.1. The zero-order valence-electron chi connectivity index (χ0n) is 11.5. The molecule has 2 aromatic rings. The van der Waals surface area contributed by atoms with Crippen molar-refractivity contribution in [3.8, 4) is 10.8 Å². The van der Waals surface area contributed by atoms with E-state index >= 15 is 0 Å². The van der Waals surface area contributed by atoms with E-state index in [0.717, 1.165) is 18.0 Å². The Balaban J connectivity index is 1.76. The fourth-order valence-corrected chi connectivity index (χ4v) is 3.31. The van der Waals surface area contributed by atoms with Crippen LogP contribution >= 0.6 is 23.6 Å². The molecule has 3 heterocycles. The number of nitrogens with zero attached hydrogens (tertiary/aromatic N) is 3. The molecule has 7 heteroatoms. The van der Waals surface area contributed by atoms with Crippen LogP contribution in [0.15, 0.2) is 21.9 Å². The van der Waals surface area contributed by atoms with Gasteiger partial charge in [0, 0.05) is 13.1 Å². The number of morpholine rings is 1. The molecule has 1 aliphatic heterocycles. The lowest BCUT2D eigenvalue weighted by molar-refractivity contribution is -0.0778. The molecule has 0 aliphatic carbocycles. The maximum absolute atomic E-state index is 5.73. The number of hydrogen-bond donors (Lipinski definition) is 0. The van der Waals surface area contributed by atoms with Crippen LogP contribution in [0, 0.1) is 4.84 Å². The lowest BCUT2D eigenvalue weighted by Gasteiger charge is -2.34. The van der Waals surface area contributed by atoms with E-state index < -0.39 is 0 Å². The Morgan fingerprint density at radius 2 is 2.15 bits per heavy atom. The summed E-state index contributed by atoms with van der Waals surface area (Å²) in [5.41, 5.74) is 0. The minimum Gasteiger partial charge on any atom is -0.408 e. The van der Waals surface area contributed by atoms with Gasteiger partial charge in [-0.25, -0.2) is 4.68 Å². The lowest BCUT2D eigenvalue weighted by Crippen LogP contribution is -2.46. The predicted octanol–water partition coefficient (Wildman–Crippen LogP) is 3.00. The molecule has 108 valence electrons. The van der Waals surface area contributed by atoms with Crippen molar-refractivity contribution >= 4 is 23.6 Å². The Hall–Kier alpha value is -1.02. The first-order valence-electron chi connectivity index (χ1n) is 6.61.